The second-order valence-electron chi connectivity index (χ2n) is 4.21. The molecule has 0 aliphatic carbocycles. The van der Waals surface area contributed by atoms with E-state index in [9.17, 15) is 14.5 Å². The van der Waals surface area contributed by atoms with Crippen molar-refractivity contribution in [3.05, 3.63) is 61.5 Å². The lowest BCUT2D eigenvalue weighted by Gasteiger charge is -2.08. The van der Waals surface area contributed by atoms with Gasteiger partial charge in [0.2, 0.25) is 5.75 Å². The summed E-state index contributed by atoms with van der Waals surface area (Å²) < 4.78 is 19.1. The second kappa shape index (κ2) is 6.81. The number of hydrogen-bond acceptors (Lipinski definition) is 4. The minimum Gasteiger partial charge on any atom is -0.450 e. The van der Waals surface area contributed by atoms with Gasteiger partial charge in [-0.3, -0.25) is 10.1 Å². The quantitative estimate of drug-likeness (QED) is 0.470. The van der Waals surface area contributed by atoms with E-state index in [-0.39, 0.29) is 21.6 Å². The van der Waals surface area contributed by atoms with E-state index in [1.807, 2.05) is 0 Å². The Bertz CT molecular complexity index is 661. The number of nitrogens with zero attached hydrogens (tertiary/aromatic N) is 1. The molecule has 0 aliphatic heterocycles. The minimum absolute atomic E-state index is 0.0357. The summed E-state index contributed by atoms with van der Waals surface area (Å²) in [5.41, 5.74) is 0.619. The molecule has 0 amide bonds. The fourth-order valence-corrected chi connectivity index (χ4v) is 2.17. The number of aliphatic hydroxyl groups is 1. The average molecular weight is 403 g/mol. The molecule has 21 heavy (non-hydrogen) atoms. The van der Waals surface area contributed by atoms with E-state index in [1.54, 1.807) is 46.9 Å². The van der Waals surface area contributed by atoms with Crippen molar-refractivity contribution in [2.45, 2.75) is 6.42 Å². The van der Waals surface area contributed by atoms with Gasteiger partial charge in [-0.05, 0) is 46.7 Å². The molecule has 0 saturated heterocycles. The zero-order chi connectivity index (χ0) is 15.4. The zero-order valence-electron chi connectivity index (χ0n) is 10.8. The Balaban J connectivity index is 2.30. The van der Waals surface area contributed by atoms with Crippen LogP contribution in [0.4, 0.5) is 10.1 Å². The summed E-state index contributed by atoms with van der Waals surface area (Å²) in [5, 5.41) is 19.8. The van der Waals surface area contributed by atoms with E-state index in [2.05, 4.69) is 0 Å². The van der Waals surface area contributed by atoms with Crippen LogP contribution in [0.5, 0.6) is 11.5 Å². The van der Waals surface area contributed by atoms with Crippen molar-refractivity contribution in [3.8, 4) is 11.5 Å². The Morgan fingerprint density at radius 1 is 1.29 bits per heavy atom. The van der Waals surface area contributed by atoms with Crippen LogP contribution in [-0.4, -0.2) is 16.6 Å². The first kappa shape index (κ1) is 15.6. The topological polar surface area (TPSA) is 72.6 Å². The molecule has 110 valence electrons. The molecule has 7 heteroatoms. The Morgan fingerprint density at radius 3 is 2.52 bits per heavy atom. The van der Waals surface area contributed by atoms with Crippen molar-refractivity contribution in [1.29, 1.82) is 0 Å². The first-order chi connectivity index (χ1) is 10.0. The molecule has 2 rings (SSSR count). The third-order valence-electron chi connectivity index (χ3n) is 2.75. The highest BCUT2D eigenvalue weighted by molar-refractivity contribution is 14.1. The molecule has 0 atom stereocenters. The summed E-state index contributed by atoms with van der Waals surface area (Å²) in [6.45, 7) is 0.0357. The Hall–Kier alpha value is -1.74. The molecule has 0 radical (unpaired) electrons. The molecule has 1 N–H and O–H groups in total. The van der Waals surface area contributed by atoms with E-state index in [4.69, 9.17) is 9.84 Å². The standard InChI is InChI=1S/C14H11FINO4/c15-11-7-14(13(17(19)20)8-12(11)16)21-10-3-1-9(2-4-10)5-6-18/h1-4,7-8,18H,5-6H2. The maximum Gasteiger partial charge on any atom is 0.312 e. The molecule has 0 heterocycles. The number of ether oxygens (including phenoxy) is 1. The van der Waals surface area contributed by atoms with Gasteiger partial charge in [0, 0.05) is 18.7 Å². The van der Waals surface area contributed by atoms with Crippen LogP contribution in [0, 0.1) is 19.5 Å². The SMILES string of the molecule is O=[N+]([O-])c1cc(I)c(F)cc1Oc1ccc(CCO)cc1. The third kappa shape index (κ3) is 3.88. The van der Waals surface area contributed by atoms with Crippen molar-refractivity contribution in [3.63, 3.8) is 0 Å². The van der Waals surface area contributed by atoms with Crippen LogP contribution in [-0.2, 0) is 6.42 Å². The van der Waals surface area contributed by atoms with Gasteiger partial charge in [-0.2, -0.15) is 0 Å². The van der Waals surface area contributed by atoms with E-state index in [0.29, 0.717) is 12.2 Å². The average Bonchev–Trinajstić information content (AvgIpc) is 2.44. The third-order valence-corrected chi connectivity index (χ3v) is 3.58. The molecule has 0 fully saturated rings. The largest absolute Gasteiger partial charge is 0.450 e. The number of nitro groups is 1. The molecule has 0 aromatic heterocycles. The van der Waals surface area contributed by atoms with Crippen molar-refractivity contribution in [2.75, 3.05) is 6.61 Å². The lowest BCUT2D eigenvalue weighted by Crippen LogP contribution is -1.96. The summed E-state index contributed by atoms with van der Waals surface area (Å²) in [6, 6.07) is 8.84. The van der Waals surface area contributed by atoms with Gasteiger partial charge in [0.1, 0.15) is 11.6 Å². The molecular weight excluding hydrogens is 392 g/mol. The van der Waals surface area contributed by atoms with Crippen molar-refractivity contribution in [2.24, 2.45) is 0 Å². The number of benzene rings is 2. The fraction of sp³-hybridized carbons (Fsp3) is 0.143. The molecular formula is C14H11FINO4. The highest BCUT2D eigenvalue weighted by Gasteiger charge is 2.19. The van der Waals surface area contributed by atoms with Gasteiger partial charge in [0.25, 0.3) is 0 Å². The minimum atomic E-state index is -0.614. The van der Waals surface area contributed by atoms with Gasteiger partial charge in [0.15, 0.2) is 0 Å². The van der Waals surface area contributed by atoms with Gasteiger partial charge in [-0.1, -0.05) is 12.1 Å². The predicted octanol–water partition coefficient (Wildman–Crippen LogP) is 3.67. The first-order valence-electron chi connectivity index (χ1n) is 6.02. The number of rotatable bonds is 5. The smallest absolute Gasteiger partial charge is 0.312 e. The lowest BCUT2D eigenvalue weighted by atomic mass is 10.1. The monoisotopic (exact) mass is 403 g/mol. The molecule has 0 saturated carbocycles. The number of halogens is 2. The second-order valence-corrected chi connectivity index (χ2v) is 5.37. The highest BCUT2D eigenvalue weighted by Crippen LogP contribution is 2.34. The Morgan fingerprint density at radius 2 is 1.95 bits per heavy atom. The van der Waals surface area contributed by atoms with Crippen LogP contribution < -0.4 is 4.74 Å². The molecule has 0 aliphatic rings. The van der Waals surface area contributed by atoms with Gasteiger partial charge >= 0.3 is 5.69 Å². The van der Waals surface area contributed by atoms with Crippen molar-refractivity contribution >= 4 is 28.3 Å². The summed E-state index contributed by atoms with van der Waals surface area (Å²) in [4.78, 5) is 10.4. The maximum atomic E-state index is 13.6. The van der Waals surface area contributed by atoms with Crippen LogP contribution in [0.1, 0.15) is 5.56 Å². The van der Waals surface area contributed by atoms with Crippen LogP contribution >= 0.6 is 22.6 Å². The number of aliphatic hydroxyl groups excluding tert-OH is 1. The summed E-state index contributed by atoms with van der Waals surface area (Å²) in [7, 11) is 0. The zero-order valence-corrected chi connectivity index (χ0v) is 12.9. The number of hydrogen-bond donors (Lipinski definition) is 1. The molecule has 0 bridgehead atoms. The maximum absolute atomic E-state index is 13.6. The molecule has 0 unspecified atom stereocenters. The number of nitro benzene ring substituents is 1. The van der Waals surface area contributed by atoms with Crippen LogP contribution in [0.15, 0.2) is 36.4 Å². The van der Waals surface area contributed by atoms with E-state index < -0.39 is 10.7 Å². The lowest BCUT2D eigenvalue weighted by molar-refractivity contribution is -0.385. The van der Waals surface area contributed by atoms with Gasteiger partial charge in [-0.15, -0.1) is 0 Å². The first-order valence-corrected chi connectivity index (χ1v) is 7.10. The van der Waals surface area contributed by atoms with Gasteiger partial charge in [-0.25, -0.2) is 4.39 Å². The molecule has 2 aromatic rings. The normalized spacial score (nSPS) is 10.4. The fourth-order valence-electron chi connectivity index (χ4n) is 1.72. The van der Waals surface area contributed by atoms with E-state index in [0.717, 1.165) is 17.7 Å². The Labute approximate surface area is 133 Å². The summed E-state index contributed by atoms with van der Waals surface area (Å²) >= 11 is 1.69. The molecule has 0 spiro atoms. The van der Waals surface area contributed by atoms with Crippen LogP contribution in [0.25, 0.3) is 0 Å². The Kier molecular flexibility index (Phi) is 5.07. The predicted molar refractivity (Wildman–Crippen MR) is 83.1 cm³/mol. The summed E-state index contributed by atoms with van der Waals surface area (Å²) in [5.74, 6) is -0.360. The van der Waals surface area contributed by atoms with Gasteiger partial charge in [0.05, 0.1) is 8.49 Å². The molecule has 5 nitrogen and oxygen atoms in total. The molecule has 2 aromatic carbocycles. The van der Waals surface area contributed by atoms with Crippen LogP contribution in [0.3, 0.4) is 0 Å². The van der Waals surface area contributed by atoms with Crippen molar-refractivity contribution < 1.29 is 19.2 Å². The van der Waals surface area contributed by atoms with Crippen molar-refractivity contribution in [1.82, 2.24) is 0 Å². The van der Waals surface area contributed by atoms with Gasteiger partial charge < -0.3 is 9.84 Å². The van der Waals surface area contributed by atoms with Crippen LogP contribution in [0.2, 0.25) is 0 Å². The summed E-state index contributed by atoms with van der Waals surface area (Å²) in [6.07, 6.45) is 0.512. The van der Waals surface area contributed by atoms with E-state index in [1.165, 1.54) is 0 Å². The highest BCUT2D eigenvalue weighted by atomic mass is 127. The van der Waals surface area contributed by atoms with E-state index >= 15 is 0 Å².